The predicted octanol–water partition coefficient (Wildman–Crippen LogP) is 4.92. The fourth-order valence-corrected chi connectivity index (χ4v) is 5.05. The van der Waals surface area contributed by atoms with Crippen molar-refractivity contribution in [3.05, 3.63) is 95.2 Å². The quantitative estimate of drug-likeness (QED) is 0.371. The van der Waals surface area contributed by atoms with Crippen molar-refractivity contribution in [3.8, 4) is 22.8 Å². The Morgan fingerprint density at radius 1 is 1.00 bits per heavy atom. The van der Waals surface area contributed by atoms with Crippen LogP contribution in [0.3, 0.4) is 0 Å². The van der Waals surface area contributed by atoms with E-state index in [-0.39, 0.29) is 24.9 Å². The molecule has 4 aromatic rings. The Balaban J connectivity index is 1.55. The molecule has 1 aliphatic rings. The number of nitrogens with zero attached hydrogens (tertiary/aromatic N) is 3. The minimum absolute atomic E-state index is 0.190. The molecule has 0 saturated carbocycles. The van der Waals surface area contributed by atoms with Gasteiger partial charge in [0.2, 0.25) is 5.91 Å². The highest BCUT2D eigenvalue weighted by Crippen LogP contribution is 2.37. The lowest BCUT2D eigenvalue weighted by molar-refractivity contribution is -0.126. The Bertz CT molecular complexity index is 1540. The van der Waals surface area contributed by atoms with Crippen LogP contribution in [0.2, 0.25) is 0 Å². The molecule has 3 aromatic carbocycles. The van der Waals surface area contributed by atoms with E-state index in [0.717, 1.165) is 28.0 Å². The molecule has 5 rings (SSSR count). The molecule has 2 heterocycles. The molecule has 1 aliphatic heterocycles. The first-order valence-electron chi connectivity index (χ1n) is 12.8. The molecule has 8 nitrogen and oxygen atoms in total. The van der Waals surface area contributed by atoms with Crippen LogP contribution < -0.4 is 19.7 Å². The molecule has 1 N–H and O–H groups in total. The van der Waals surface area contributed by atoms with E-state index in [2.05, 4.69) is 5.32 Å². The maximum absolute atomic E-state index is 14.2. The highest BCUT2D eigenvalue weighted by Gasteiger charge is 2.49. The summed E-state index contributed by atoms with van der Waals surface area (Å²) >= 11 is 0. The number of carbonyl (C=O) groups excluding carboxylic acids is 2. The van der Waals surface area contributed by atoms with Crippen LogP contribution in [0.5, 0.6) is 11.5 Å². The van der Waals surface area contributed by atoms with Crippen molar-refractivity contribution in [2.75, 3.05) is 19.1 Å². The number of para-hydroxylation sites is 1. The van der Waals surface area contributed by atoms with Crippen LogP contribution in [-0.2, 0) is 17.9 Å². The van der Waals surface area contributed by atoms with Gasteiger partial charge in [-0.15, -0.1) is 0 Å². The number of nitrogens with one attached hydrogen (secondary N) is 1. The van der Waals surface area contributed by atoms with Crippen LogP contribution >= 0.6 is 0 Å². The number of benzene rings is 3. The Morgan fingerprint density at radius 2 is 1.74 bits per heavy atom. The van der Waals surface area contributed by atoms with Crippen molar-refractivity contribution in [1.82, 2.24) is 15.1 Å². The number of aromatic nitrogens is 2. The summed E-state index contributed by atoms with van der Waals surface area (Å²) < 4.78 is 12.4. The lowest BCUT2D eigenvalue weighted by atomic mass is 9.92. The molecule has 1 atom stereocenters. The highest BCUT2D eigenvalue weighted by molar-refractivity contribution is 6.12. The zero-order valence-corrected chi connectivity index (χ0v) is 22.8. The molecule has 1 unspecified atom stereocenters. The number of ether oxygens (including phenoxy) is 2. The van der Waals surface area contributed by atoms with E-state index >= 15 is 0 Å². The monoisotopic (exact) mass is 524 g/mol. The van der Waals surface area contributed by atoms with Crippen LogP contribution in [0.25, 0.3) is 11.3 Å². The van der Waals surface area contributed by atoms with Crippen molar-refractivity contribution in [2.24, 2.45) is 0 Å². The maximum Gasteiger partial charge on any atom is 0.277 e. The highest BCUT2D eigenvalue weighted by atomic mass is 16.5. The van der Waals surface area contributed by atoms with E-state index in [1.165, 1.54) is 0 Å². The van der Waals surface area contributed by atoms with Gasteiger partial charge in [0, 0.05) is 23.4 Å². The Kier molecular flexibility index (Phi) is 6.87. The summed E-state index contributed by atoms with van der Waals surface area (Å²) in [5.74, 6) is 0.860. The third-order valence-electron chi connectivity index (χ3n) is 7.48. The van der Waals surface area contributed by atoms with Gasteiger partial charge in [-0.25, -0.2) is 0 Å². The molecule has 0 fully saturated rings. The summed E-state index contributed by atoms with van der Waals surface area (Å²) in [5, 5.41) is 7.80. The third kappa shape index (κ3) is 4.63. The summed E-state index contributed by atoms with van der Waals surface area (Å²) in [6, 6.07) is 22.6. The molecule has 0 saturated heterocycles. The third-order valence-corrected chi connectivity index (χ3v) is 7.48. The van der Waals surface area contributed by atoms with E-state index < -0.39 is 5.54 Å². The number of amides is 2. The van der Waals surface area contributed by atoms with Gasteiger partial charge in [-0.3, -0.25) is 19.2 Å². The molecule has 1 aromatic heterocycles. The number of fused-ring (bicyclic) bond motifs is 1. The van der Waals surface area contributed by atoms with Gasteiger partial charge in [0.15, 0.2) is 0 Å². The second-order valence-corrected chi connectivity index (χ2v) is 9.93. The van der Waals surface area contributed by atoms with E-state index in [9.17, 15) is 9.59 Å². The maximum atomic E-state index is 14.2. The van der Waals surface area contributed by atoms with Gasteiger partial charge in [0.25, 0.3) is 5.91 Å². The van der Waals surface area contributed by atoms with Crippen LogP contribution in [0, 0.1) is 13.8 Å². The van der Waals surface area contributed by atoms with Crippen molar-refractivity contribution in [2.45, 2.75) is 39.4 Å². The minimum Gasteiger partial charge on any atom is -0.497 e. The molecular formula is C31H32N4O4. The number of carbonyl (C=O) groups is 2. The molecule has 2 amide bonds. The van der Waals surface area contributed by atoms with Crippen LogP contribution in [0.1, 0.15) is 34.1 Å². The van der Waals surface area contributed by atoms with E-state index in [1.807, 2.05) is 80.6 Å². The minimum atomic E-state index is -1.24. The van der Waals surface area contributed by atoms with Crippen LogP contribution in [-0.4, -0.2) is 41.4 Å². The Labute approximate surface area is 228 Å². The van der Waals surface area contributed by atoms with Gasteiger partial charge >= 0.3 is 0 Å². The van der Waals surface area contributed by atoms with Crippen molar-refractivity contribution >= 4 is 17.5 Å². The number of rotatable bonds is 7. The number of methoxy groups -OCH3 is 2. The average Bonchev–Trinajstić information content (AvgIpc) is 3.38. The Hall–Kier alpha value is -4.59. The van der Waals surface area contributed by atoms with Crippen molar-refractivity contribution < 1.29 is 19.1 Å². The van der Waals surface area contributed by atoms with Crippen LogP contribution in [0.15, 0.2) is 72.8 Å². The van der Waals surface area contributed by atoms with Gasteiger partial charge in [0.05, 0.1) is 26.5 Å². The van der Waals surface area contributed by atoms with E-state index in [0.29, 0.717) is 22.8 Å². The van der Waals surface area contributed by atoms with Crippen LogP contribution in [0.4, 0.5) is 5.69 Å². The first kappa shape index (κ1) is 26.0. The summed E-state index contributed by atoms with van der Waals surface area (Å²) in [7, 11) is 3.22. The molecule has 0 radical (unpaired) electrons. The van der Waals surface area contributed by atoms with E-state index in [4.69, 9.17) is 14.6 Å². The zero-order valence-electron chi connectivity index (χ0n) is 22.8. The first-order valence-corrected chi connectivity index (χ1v) is 12.8. The largest absolute Gasteiger partial charge is 0.497 e. The fourth-order valence-electron chi connectivity index (χ4n) is 5.05. The molecule has 39 heavy (non-hydrogen) atoms. The second-order valence-electron chi connectivity index (χ2n) is 9.93. The topological polar surface area (TPSA) is 85.7 Å². The molecule has 0 aliphatic carbocycles. The average molecular weight is 525 g/mol. The fraction of sp³-hybridized carbons (Fsp3) is 0.258. The van der Waals surface area contributed by atoms with Gasteiger partial charge in [-0.05, 0) is 74.4 Å². The molecule has 200 valence electrons. The second kappa shape index (κ2) is 10.3. The number of hydrogen-bond acceptors (Lipinski definition) is 5. The normalized spacial score (nSPS) is 16.5. The number of aryl methyl sites for hydroxylation is 1. The smallest absolute Gasteiger partial charge is 0.277 e. The Morgan fingerprint density at radius 3 is 2.46 bits per heavy atom. The zero-order chi connectivity index (χ0) is 27.7. The molecule has 0 bridgehead atoms. The summed E-state index contributed by atoms with van der Waals surface area (Å²) in [4.78, 5) is 29.8. The molecule has 0 spiro atoms. The van der Waals surface area contributed by atoms with Crippen molar-refractivity contribution in [3.63, 3.8) is 0 Å². The summed E-state index contributed by atoms with van der Waals surface area (Å²) in [6.45, 7) is 6.21. The van der Waals surface area contributed by atoms with Gasteiger partial charge in [-0.1, -0.05) is 30.3 Å². The van der Waals surface area contributed by atoms with Crippen molar-refractivity contribution in [1.29, 1.82) is 0 Å². The molecular weight excluding hydrogens is 492 g/mol. The standard InChI is InChI=1S/C31H32N4O4/c1-20-9-8-11-26(21(20)2)35-29(36)27-17-25(22-13-15-24(38-4)16-14-22)33-34(27)19-31(35,3)30(37)32-18-23-10-6-7-12-28(23)39-5/h6-17H,18-19H2,1-5H3,(H,32,37). The lowest BCUT2D eigenvalue weighted by Gasteiger charge is -2.43. The van der Waals surface area contributed by atoms with Gasteiger partial charge in [0.1, 0.15) is 22.7 Å². The number of hydrogen-bond donors (Lipinski definition) is 1. The number of anilines is 1. The molecule has 8 heteroatoms. The van der Waals surface area contributed by atoms with E-state index in [1.54, 1.807) is 36.8 Å². The lowest BCUT2D eigenvalue weighted by Crippen LogP contribution is -2.64. The van der Waals surface area contributed by atoms with Gasteiger partial charge < -0.3 is 14.8 Å². The summed E-state index contributed by atoms with van der Waals surface area (Å²) in [6.07, 6.45) is 0. The van der Waals surface area contributed by atoms with Gasteiger partial charge in [-0.2, -0.15) is 5.10 Å². The SMILES string of the molecule is COc1ccc(-c2cc3n(n2)CC(C)(C(=O)NCc2ccccc2OC)N(c2cccc(C)c2C)C3=O)cc1. The predicted molar refractivity (Wildman–Crippen MR) is 150 cm³/mol. The first-order chi connectivity index (χ1) is 18.8. The summed E-state index contributed by atoms with van der Waals surface area (Å²) in [5.41, 5.74) is 4.22.